The Morgan fingerprint density at radius 1 is 1.27 bits per heavy atom. The Bertz CT molecular complexity index is 167. The van der Waals surface area contributed by atoms with E-state index in [1.165, 1.54) is 0 Å². The van der Waals surface area contributed by atoms with Crippen molar-refractivity contribution < 1.29 is 5.11 Å². The molecule has 4 unspecified atom stereocenters. The molecular formula is C12H26N2O. The second-order valence-corrected chi connectivity index (χ2v) is 4.65. The molecular weight excluding hydrogens is 188 g/mol. The Hall–Kier alpha value is -0.120. The minimum absolute atomic E-state index is 0.191. The first-order valence-electron chi connectivity index (χ1n) is 6.32. The highest BCUT2D eigenvalue weighted by Gasteiger charge is 2.30. The van der Waals surface area contributed by atoms with Gasteiger partial charge in [-0.2, -0.15) is 0 Å². The molecule has 0 saturated carbocycles. The van der Waals surface area contributed by atoms with Crippen LogP contribution < -0.4 is 10.6 Å². The minimum atomic E-state index is -0.191. The molecule has 3 heteroatoms. The molecule has 15 heavy (non-hydrogen) atoms. The second-order valence-electron chi connectivity index (χ2n) is 4.65. The molecule has 3 nitrogen and oxygen atoms in total. The van der Waals surface area contributed by atoms with Gasteiger partial charge in [0.2, 0.25) is 0 Å². The van der Waals surface area contributed by atoms with Gasteiger partial charge in [0, 0.05) is 25.7 Å². The molecule has 0 aromatic rings. The third-order valence-electron chi connectivity index (χ3n) is 3.70. The SMILES string of the molecule is CCC(C(C)O)C(CC)C1CNCCN1. The Balaban J connectivity index is 2.58. The Morgan fingerprint density at radius 2 is 2.00 bits per heavy atom. The van der Waals surface area contributed by atoms with Crippen molar-refractivity contribution in [1.29, 1.82) is 0 Å². The van der Waals surface area contributed by atoms with Crippen LogP contribution in [0.5, 0.6) is 0 Å². The summed E-state index contributed by atoms with van der Waals surface area (Å²) in [5.74, 6) is 1.01. The highest BCUT2D eigenvalue weighted by atomic mass is 16.3. The predicted octanol–water partition coefficient (Wildman–Crippen LogP) is 0.981. The predicted molar refractivity (Wildman–Crippen MR) is 63.9 cm³/mol. The number of aliphatic hydroxyl groups is 1. The molecule has 1 aliphatic heterocycles. The van der Waals surface area contributed by atoms with Gasteiger partial charge < -0.3 is 15.7 Å². The summed E-state index contributed by atoms with van der Waals surface area (Å²) in [4.78, 5) is 0. The van der Waals surface area contributed by atoms with E-state index in [0.717, 1.165) is 32.5 Å². The standard InChI is InChI=1S/C12H26N2O/c1-4-10(9(3)15)11(5-2)12-8-13-6-7-14-12/h9-15H,4-8H2,1-3H3. The van der Waals surface area contributed by atoms with Crippen LogP contribution in [0.2, 0.25) is 0 Å². The van der Waals surface area contributed by atoms with Crippen LogP contribution >= 0.6 is 0 Å². The van der Waals surface area contributed by atoms with Crippen molar-refractivity contribution in [3.8, 4) is 0 Å². The summed E-state index contributed by atoms with van der Waals surface area (Å²) in [6.45, 7) is 9.49. The minimum Gasteiger partial charge on any atom is -0.393 e. The number of nitrogens with one attached hydrogen (secondary N) is 2. The number of rotatable bonds is 5. The highest BCUT2D eigenvalue weighted by molar-refractivity contribution is 4.87. The van der Waals surface area contributed by atoms with Gasteiger partial charge in [-0.3, -0.25) is 0 Å². The Labute approximate surface area is 93.6 Å². The van der Waals surface area contributed by atoms with Crippen molar-refractivity contribution in [3.05, 3.63) is 0 Å². The Kier molecular flexibility index (Phi) is 5.58. The average molecular weight is 214 g/mol. The van der Waals surface area contributed by atoms with E-state index in [9.17, 15) is 5.11 Å². The van der Waals surface area contributed by atoms with E-state index in [4.69, 9.17) is 0 Å². The summed E-state index contributed by atoms with van der Waals surface area (Å²) in [7, 11) is 0. The molecule has 0 aliphatic carbocycles. The van der Waals surface area contributed by atoms with Gasteiger partial charge in [0.15, 0.2) is 0 Å². The van der Waals surface area contributed by atoms with Crippen LogP contribution in [0.3, 0.4) is 0 Å². The summed E-state index contributed by atoms with van der Waals surface area (Å²) in [5.41, 5.74) is 0. The van der Waals surface area contributed by atoms with Crippen LogP contribution in [-0.4, -0.2) is 36.9 Å². The van der Waals surface area contributed by atoms with E-state index >= 15 is 0 Å². The molecule has 1 fully saturated rings. The van der Waals surface area contributed by atoms with Crippen molar-refractivity contribution in [2.24, 2.45) is 11.8 Å². The molecule has 3 N–H and O–H groups in total. The van der Waals surface area contributed by atoms with Crippen molar-refractivity contribution in [2.45, 2.75) is 45.8 Å². The van der Waals surface area contributed by atoms with Crippen molar-refractivity contribution in [1.82, 2.24) is 10.6 Å². The lowest BCUT2D eigenvalue weighted by molar-refractivity contribution is 0.0643. The third kappa shape index (κ3) is 3.44. The first kappa shape index (κ1) is 12.9. The van der Waals surface area contributed by atoms with Gasteiger partial charge in [0.25, 0.3) is 0 Å². The van der Waals surface area contributed by atoms with Gasteiger partial charge in [-0.1, -0.05) is 26.7 Å². The molecule has 0 aromatic carbocycles. The van der Waals surface area contributed by atoms with Gasteiger partial charge in [0.05, 0.1) is 6.10 Å². The fourth-order valence-corrected chi connectivity index (χ4v) is 2.87. The zero-order valence-corrected chi connectivity index (χ0v) is 10.3. The van der Waals surface area contributed by atoms with Gasteiger partial charge in [-0.25, -0.2) is 0 Å². The average Bonchev–Trinajstić information content (AvgIpc) is 2.26. The van der Waals surface area contributed by atoms with Crippen LogP contribution in [0.1, 0.15) is 33.6 Å². The van der Waals surface area contributed by atoms with Gasteiger partial charge in [-0.15, -0.1) is 0 Å². The fraction of sp³-hybridized carbons (Fsp3) is 1.00. The third-order valence-corrected chi connectivity index (χ3v) is 3.70. The van der Waals surface area contributed by atoms with E-state index in [2.05, 4.69) is 24.5 Å². The van der Waals surface area contributed by atoms with Crippen LogP contribution in [0.25, 0.3) is 0 Å². The zero-order valence-electron chi connectivity index (χ0n) is 10.3. The molecule has 90 valence electrons. The molecule has 0 bridgehead atoms. The van der Waals surface area contributed by atoms with Crippen LogP contribution in [0, 0.1) is 11.8 Å². The van der Waals surface area contributed by atoms with Crippen LogP contribution in [0.4, 0.5) is 0 Å². The van der Waals surface area contributed by atoms with Gasteiger partial charge in [0.1, 0.15) is 0 Å². The van der Waals surface area contributed by atoms with Gasteiger partial charge >= 0.3 is 0 Å². The zero-order chi connectivity index (χ0) is 11.3. The molecule has 0 radical (unpaired) electrons. The molecule has 1 aliphatic rings. The Morgan fingerprint density at radius 3 is 2.40 bits per heavy atom. The van der Waals surface area contributed by atoms with E-state index in [1.54, 1.807) is 0 Å². The second kappa shape index (κ2) is 6.46. The monoisotopic (exact) mass is 214 g/mol. The topological polar surface area (TPSA) is 44.3 Å². The van der Waals surface area contributed by atoms with E-state index in [0.29, 0.717) is 17.9 Å². The maximum Gasteiger partial charge on any atom is 0.0543 e. The summed E-state index contributed by atoms with van der Waals surface area (Å²) in [6, 6.07) is 0.531. The van der Waals surface area contributed by atoms with Gasteiger partial charge in [-0.05, 0) is 18.8 Å². The molecule has 1 rings (SSSR count). The smallest absolute Gasteiger partial charge is 0.0543 e. The maximum atomic E-state index is 9.80. The highest BCUT2D eigenvalue weighted by Crippen LogP contribution is 2.26. The lowest BCUT2D eigenvalue weighted by Gasteiger charge is -2.37. The normalized spacial score (nSPS) is 28.4. The lowest BCUT2D eigenvalue weighted by Crippen LogP contribution is -2.54. The number of piperazine rings is 1. The van der Waals surface area contributed by atoms with E-state index in [1.807, 2.05) is 6.92 Å². The van der Waals surface area contributed by atoms with E-state index in [-0.39, 0.29) is 6.10 Å². The molecule has 4 atom stereocenters. The lowest BCUT2D eigenvalue weighted by atomic mass is 9.79. The first-order chi connectivity index (χ1) is 7.20. The largest absolute Gasteiger partial charge is 0.393 e. The molecule has 1 heterocycles. The summed E-state index contributed by atoms with van der Waals surface area (Å²) in [5, 5.41) is 16.8. The van der Waals surface area contributed by atoms with Crippen LogP contribution in [0.15, 0.2) is 0 Å². The quantitative estimate of drug-likeness (QED) is 0.639. The van der Waals surface area contributed by atoms with E-state index < -0.39 is 0 Å². The van der Waals surface area contributed by atoms with Crippen LogP contribution in [-0.2, 0) is 0 Å². The molecule has 0 aromatic heterocycles. The summed E-state index contributed by atoms with van der Waals surface area (Å²) in [6.07, 6.45) is 2.01. The molecule has 1 saturated heterocycles. The van der Waals surface area contributed by atoms with Crippen molar-refractivity contribution in [3.63, 3.8) is 0 Å². The first-order valence-corrected chi connectivity index (χ1v) is 6.32. The van der Waals surface area contributed by atoms with Crippen molar-refractivity contribution in [2.75, 3.05) is 19.6 Å². The summed E-state index contributed by atoms with van der Waals surface area (Å²) < 4.78 is 0. The number of hydrogen-bond acceptors (Lipinski definition) is 3. The molecule has 0 amide bonds. The maximum absolute atomic E-state index is 9.80. The number of aliphatic hydroxyl groups excluding tert-OH is 1. The summed E-state index contributed by atoms with van der Waals surface area (Å²) >= 11 is 0. The fourth-order valence-electron chi connectivity index (χ4n) is 2.87. The molecule has 0 spiro atoms. The van der Waals surface area contributed by atoms with Crippen molar-refractivity contribution >= 4 is 0 Å². The number of hydrogen-bond donors (Lipinski definition) is 3.